The number of rotatable bonds is 7. The third-order valence-corrected chi connectivity index (χ3v) is 7.95. The Bertz CT molecular complexity index is 830. The van der Waals surface area contributed by atoms with Crippen molar-refractivity contribution in [2.24, 2.45) is 5.92 Å². The number of hydrogen-bond donors (Lipinski definition) is 1. The van der Waals surface area contributed by atoms with Gasteiger partial charge in [0.2, 0.25) is 15.9 Å². The summed E-state index contributed by atoms with van der Waals surface area (Å²) >= 11 is 0. The molecule has 2 aliphatic heterocycles. The average Bonchev–Trinajstić information content (AvgIpc) is 2.71. The number of benzene rings is 1. The SMILES string of the molecule is CCCS(=O)(=O)N1CCCC(C(=O)NC2CCCN(Cc3c(F)cccc3F)C2)C1. The molecule has 1 aromatic rings. The Hall–Kier alpha value is -1.58. The number of halogens is 2. The number of hydrogen-bond acceptors (Lipinski definition) is 4. The largest absolute Gasteiger partial charge is 0.352 e. The topological polar surface area (TPSA) is 69.7 Å². The van der Waals surface area contributed by atoms with Crippen molar-refractivity contribution in [3.05, 3.63) is 35.4 Å². The van der Waals surface area contributed by atoms with Crippen molar-refractivity contribution < 1.29 is 22.0 Å². The van der Waals surface area contributed by atoms with Gasteiger partial charge in [0.1, 0.15) is 11.6 Å². The van der Waals surface area contributed by atoms with Crippen molar-refractivity contribution in [3.8, 4) is 0 Å². The van der Waals surface area contributed by atoms with Crippen LogP contribution in [-0.4, -0.2) is 61.5 Å². The normalized spacial score (nSPS) is 24.0. The second-order valence-electron chi connectivity index (χ2n) is 8.30. The van der Waals surface area contributed by atoms with Gasteiger partial charge in [-0.15, -0.1) is 0 Å². The smallest absolute Gasteiger partial charge is 0.224 e. The number of nitrogens with one attached hydrogen (secondary N) is 1. The zero-order valence-corrected chi connectivity index (χ0v) is 18.3. The van der Waals surface area contributed by atoms with Crippen LogP contribution >= 0.6 is 0 Å². The second-order valence-corrected chi connectivity index (χ2v) is 10.4. The Morgan fingerprint density at radius 3 is 2.53 bits per heavy atom. The van der Waals surface area contributed by atoms with Gasteiger partial charge in [0.25, 0.3) is 0 Å². The lowest BCUT2D eigenvalue weighted by atomic mass is 9.97. The van der Waals surface area contributed by atoms with Crippen LogP contribution in [0.3, 0.4) is 0 Å². The van der Waals surface area contributed by atoms with E-state index >= 15 is 0 Å². The first-order valence-corrected chi connectivity index (χ1v) is 12.3. The Labute approximate surface area is 177 Å². The molecule has 2 aliphatic rings. The fraction of sp³-hybridized carbons (Fsp3) is 0.667. The van der Waals surface area contributed by atoms with E-state index in [1.165, 1.54) is 22.5 Å². The van der Waals surface area contributed by atoms with Gasteiger partial charge >= 0.3 is 0 Å². The zero-order valence-electron chi connectivity index (χ0n) is 17.4. The number of sulfonamides is 1. The zero-order chi connectivity index (χ0) is 21.7. The molecule has 2 unspecified atom stereocenters. The first-order valence-electron chi connectivity index (χ1n) is 10.7. The number of carbonyl (C=O) groups excluding carboxylic acids is 1. The maximum atomic E-state index is 14.0. The Balaban J connectivity index is 1.56. The molecule has 2 heterocycles. The predicted octanol–water partition coefficient (Wildman–Crippen LogP) is 2.50. The molecule has 30 heavy (non-hydrogen) atoms. The lowest BCUT2D eigenvalue weighted by molar-refractivity contribution is -0.127. The molecule has 3 rings (SSSR count). The average molecular weight is 444 g/mol. The van der Waals surface area contributed by atoms with Gasteiger partial charge < -0.3 is 5.32 Å². The molecule has 1 aromatic carbocycles. The summed E-state index contributed by atoms with van der Waals surface area (Å²) in [5.41, 5.74) is 0.0496. The minimum Gasteiger partial charge on any atom is -0.352 e. The highest BCUT2D eigenvalue weighted by Crippen LogP contribution is 2.22. The van der Waals surface area contributed by atoms with E-state index in [9.17, 15) is 22.0 Å². The quantitative estimate of drug-likeness (QED) is 0.703. The van der Waals surface area contributed by atoms with Crippen LogP contribution in [0.4, 0.5) is 8.78 Å². The summed E-state index contributed by atoms with van der Waals surface area (Å²) in [4.78, 5) is 14.8. The van der Waals surface area contributed by atoms with E-state index in [1.807, 2.05) is 11.8 Å². The highest BCUT2D eigenvalue weighted by molar-refractivity contribution is 7.89. The fourth-order valence-electron chi connectivity index (χ4n) is 4.34. The van der Waals surface area contributed by atoms with E-state index < -0.39 is 21.7 Å². The highest BCUT2D eigenvalue weighted by Gasteiger charge is 2.33. The van der Waals surface area contributed by atoms with Crippen LogP contribution in [-0.2, 0) is 21.4 Å². The van der Waals surface area contributed by atoms with Crippen molar-refractivity contribution in [3.63, 3.8) is 0 Å². The van der Waals surface area contributed by atoms with Gasteiger partial charge in [0.05, 0.1) is 11.7 Å². The molecular weight excluding hydrogens is 412 g/mol. The van der Waals surface area contributed by atoms with Crippen LogP contribution in [0.25, 0.3) is 0 Å². The maximum absolute atomic E-state index is 14.0. The van der Waals surface area contributed by atoms with Crippen molar-refractivity contribution in [1.82, 2.24) is 14.5 Å². The van der Waals surface area contributed by atoms with Crippen LogP contribution in [0.15, 0.2) is 18.2 Å². The monoisotopic (exact) mass is 443 g/mol. The van der Waals surface area contributed by atoms with Gasteiger partial charge in [-0.1, -0.05) is 13.0 Å². The van der Waals surface area contributed by atoms with Crippen LogP contribution in [0.1, 0.15) is 44.6 Å². The van der Waals surface area contributed by atoms with Crippen molar-refractivity contribution in [2.45, 2.75) is 51.6 Å². The first kappa shape index (κ1) is 23.1. The molecule has 2 fully saturated rings. The minimum absolute atomic E-state index is 0.0496. The van der Waals surface area contributed by atoms with E-state index in [-0.39, 0.29) is 42.3 Å². The number of likely N-dealkylation sites (tertiary alicyclic amines) is 1. The molecule has 9 heteroatoms. The number of amides is 1. The molecule has 1 amide bonds. The molecule has 6 nitrogen and oxygen atoms in total. The summed E-state index contributed by atoms with van der Waals surface area (Å²) in [6, 6.07) is 3.75. The Morgan fingerprint density at radius 2 is 1.83 bits per heavy atom. The number of piperidine rings is 2. The first-order chi connectivity index (χ1) is 14.3. The lowest BCUT2D eigenvalue weighted by Crippen LogP contribution is -2.52. The Kier molecular flexibility index (Phi) is 7.81. The molecular formula is C21H31F2N3O3S. The molecule has 168 valence electrons. The summed E-state index contributed by atoms with van der Waals surface area (Å²) in [5.74, 6) is -1.50. The maximum Gasteiger partial charge on any atom is 0.224 e. The van der Waals surface area contributed by atoms with Gasteiger partial charge in [-0.05, 0) is 50.8 Å². The van der Waals surface area contributed by atoms with Crippen LogP contribution in [0.5, 0.6) is 0 Å². The van der Waals surface area contributed by atoms with Crippen molar-refractivity contribution in [1.29, 1.82) is 0 Å². The molecule has 0 radical (unpaired) electrons. The summed E-state index contributed by atoms with van der Waals surface area (Å²) in [6.45, 7) is 3.92. The minimum atomic E-state index is -3.31. The van der Waals surface area contributed by atoms with Crippen LogP contribution < -0.4 is 5.32 Å². The van der Waals surface area contributed by atoms with Gasteiger partial charge in [-0.3, -0.25) is 9.69 Å². The molecule has 0 spiro atoms. The van der Waals surface area contributed by atoms with Gasteiger partial charge in [-0.25, -0.2) is 21.5 Å². The summed E-state index contributed by atoms with van der Waals surface area (Å²) in [6.07, 6.45) is 3.51. The highest BCUT2D eigenvalue weighted by atomic mass is 32.2. The number of nitrogens with zero attached hydrogens (tertiary/aromatic N) is 2. The molecule has 0 saturated carbocycles. The van der Waals surface area contributed by atoms with Crippen molar-refractivity contribution >= 4 is 15.9 Å². The third kappa shape index (κ3) is 5.76. The Morgan fingerprint density at radius 1 is 1.13 bits per heavy atom. The van der Waals surface area contributed by atoms with Gasteiger partial charge in [0.15, 0.2) is 0 Å². The molecule has 2 atom stereocenters. The molecule has 2 saturated heterocycles. The fourth-order valence-corrected chi connectivity index (χ4v) is 5.93. The van der Waals surface area contributed by atoms with Crippen molar-refractivity contribution in [2.75, 3.05) is 31.9 Å². The number of carbonyl (C=O) groups is 1. The summed E-state index contributed by atoms with van der Waals surface area (Å²) < 4.78 is 54.0. The molecule has 0 aliphatic carbocycles. The lowest BCUT2D eigenvalue weighted by Gasteiger charge is -2.35. The van der Waals surface area contributed by atoms with Crippen LogP contribution in [0, 0.1) is 17.6 Å². The second kappa shape index (κ2) is 10.2. The van der Waals surface area contributed by atoms with Gasteiger partial charge in [-0.2, -0.15) is 0 Å². The van der Waals surface area contributed by atoms with E-state index in [0.717, 1.165) is 12.8 Å². The van der Waals surface area contributed by atoms with Crippen LogP contribution in [0.2, 0.25) is 0 Å². The van der Waals surface area contributed by atoms with E-state index in [1.54, 1.807) is 0 Å². The van der Waals surface area contributed by atoms with E-state index in [2.05, 4.69) is 5.32 Å². The third-order valence-electron chi connectivity index (χ3n) is 5.91. The summed E-state index contributed by atoms with van der Waals surface area (Å²) in [7, 11) is -3.31. The molecule has 0 bridgehead atoms. The molecule has 1 N–H and O–H groups in total. The summed E-state index contributed by atoms with van der Waals surface area (Å²) in [5, 5.41) is 3.05. The molecule has 0 aromatic heterocycles. The van der Waals surface area contributed by atoms with Gasteiger partial charge in [0, 0.05) is 37.8 Å². The predicted molar refractivity (Wildman–Crippen MR) is 111 cm³/mol. The standard InChI is InChI=1S/C21H31F2N3O3S/c1-2-12-30(28,29)26-11-4-6-16(13-26)21(27)24-17-7-5-10-25(14-17)15-18-19(22)8-3-9-20(18)23/h3,8-9,16-17H,2,4-7,10-15H2,1H3,(H,24,27). The van der Waals surface area contributed by atoms with E-state index in [4.69, 9.17) is 0 Å². The van der Waals surface area contributed by atoms with E-state index in [0.29, 0.717) is 38.9 Å².